The number of carbonyl (C=O) groups excluding carboxylic acids is 1. The van der Waals surface area contributed by atoms with Gasteiger partial charge in [-0.1, -0.05) is 12.1 Å². The van der Waals surface area contributed by atoms with Crippen LogP contribution in [0, 0.1) is 0 Å². The summed E-state index contributed by atoms with van der Waals surface area (Å²) < 4.78 is 3.23. The highest BCUT2D eigenvalue weighted by Crippen LogP contribution is 2.37. The van der Waals surface area contributed by atoms with Gasteiger partial charge >= 0.3 is 5.69 Å². The van der Waals surface area contributed by atoms with Crippen molar-refractivity contribution in [2.45, 2.75) is 25.4 Å². The van der Waals surface area contributed by atoms with E-state index in [-0.39, 0.29) is 17.6 Å². The Morgan fingerprint density at radius 2 is 1.97 bits per heavy atom. The molecule has 0 radical (unpaired) electrons. The second-order valence-corrected chi connectivity index (χ2v) is 8.70. The summed E-state index contributed by atoms with van der Waals surface area (Å²) in [6, 6.07) is 9.80. The fourth-order valence-electron chi connectivity index (χ4n) is 3.16. The predicted molar refractivity (Wildman–Crippen MR) is 112 cm³/mol. The van der Waals surface area contributed by atoms with Crippen molar-refractivity contribution in [2.24, 2.45) is 0 Å². The molecule has 29 heavy (non-hydrogen) atoms. The maximum absolute atomic E-state index is 12.8. The van der Waals surface area contributed by atoms with Gasteiger partial charge in [-0.3, -0.25) is 14.5 Å². The molecular weight excluding hydrogens is 408 g/mol. The summed E-state index contributed by atoms with van der Waals surface area (Å²) in [5.41, 5.74) is 1.01. The number of carbonyl (C=O) groups is 1. The molecule has 8 nitrogen and oxygen atoms in total. The van der Waals surface area contributed by atoms with Gasteiger partial charge < -0.3 is 5.32 Å². The summed E-state index contributed by atoms with van der Waals surface area (Å²) in [6.45, 7) is 0.608. The molecule has 10 heteroatoms. The number of nitrogens with one attached hydrogen (secondary N) is 2. The Hall–Kier alpha value is -2.98. The average Bonchev–Trinajstić information content (AvgIpc) is 3.21. The van der Waals surface area contributed by atoms with Gasteiger partial charge in [-0.25, -0.2) is 9.48 Å². The standard InChI is InChI=1S/C19H18N6O2S2/c26-18(14-11-13(21-22-14)15-3-1-9-28-15)20-7-8-24-19(27)25(12-5-6-12)17(23-24)16-4-2-10-29-16/h1-4,9-12H,5-8H2,(H,20,26)(H,21,22). The normalized spacial score (nSPS) is 13.7. The van der Waals surface area contributed by atoms with Crippen molar-refractivity contribution < 1.29 is 4.79 Å². The highest BCUT2D eigenvalue weighted by Gasteiger charge is 2.30. The third-order valence-electron chi connectivity index (χ3n) is 4.73. The van der Waals surface area contributed by atoms with Crippen molar-refractivity contribution >= 4 is 28.6 Å². The van der Waals surface area contributed by atoms with E-state index in [0.29, 0.717) is 24.6 Å². The van der Waals surface area contributed by atoms with Gasteiger partial charge in [0, 0.05) is 12.6 Å². The molecule has 5 rings (SSSR count). The van der Waals surface area contributed by atoms with Crippen LogP contribution in [0.25, 0.3) is 21.3 Å². The van der Waals surface area contributed by atoms with Crippen molar-refractivity contribution in [2.75, 3.05) is 6.54 Å². The number of hydrogen-bond donors (Lipinski definition) is 2. The number of amides is 1. The number of aromatic nitrogens is 5. The molecule has 0 aliphatic heterocycles. The summed E-state index contributed by atoms with van der Waals surface area (Å²) in [5, 5.41) is 18.3. The molecule has 0 aromatic carbocycles. The zero-order chi connectivity index (χ0) is 19.8. The maximum Gasteiger partial charge on any atom is 0.346 e. The smallest absolute Gasteiger partial charge is 0.346 e. The van der Waals surface area contributed by atoms with Crippen LogP contribution in [0.15, 0.2) is 45.9 Å². The van der Waals surface area contributed by atoms with Crippen LogP contribution >= 0.6 is 22.7 Å². The fourth-order valence-corrected chi connectivity index (χ4v) is 4.56. The van der Waals surface area contributed by atoms with E-state index < -0.39 is 0 Å². The van der Waals surface area contributed by atoms with Gasteiger partial charge in [0.15, 0.2) is 11.5 Å². The first-order chi connectivity index (χ1) is 14.2. The lowest BCUT2D eigenvalue weighted by molar-refractivity contribution is 0.0946. The fraction of sp³-hybridized carbons (Fsp3) is 0.263. The number of rotatable bonds is 7. The molecule has 1 aliphatic carbocycles. The molecule has 1 saturated carbocycles. The van der Waals surface area contributed by atoms with E-state index in [1.807, 2.05) is 35.0 Å². The summed E-state index contributed by atoms with van der Waals surface area (Å²) in [4.78, 5) is 27.2. The number of aromatic amines is 1. The Balaban J connectivity index is 1.27. The molecule has 4 heterocycles. The van der Waals surface area contributed by atoms with Crippen LogP contribution in [0.2, 0.25) is 0 Å². The number of H-pyrrole nitrogens is 1. The molecule has 0 saturated heterocycles. The third kappa shape index (κ3) is 3.56. The van der Waals surface area contributed by atoms with Gasteiger partial charge in [-0.05, 0) is 41.8 Å². The van der Waals surface area contributed by atoms with Gasteiger partial charge in [-0.15, -0.1) is 27.8 Å². The lowest BCUT2D eigenvalue weighted by Crippen LogP contribution is -2.32. The van der Waals surface area contributed by atoms with Crippen LogP contribution in [0.1, 0.15) is 29.4 Å². The van der Waals surface area contributed by atoms with E-state index in [1.165, 1.54) is 4.68 Å². The molecule has 1 amide bonds. The predicted octanol–water partition coefficient (Wildman–Crippen LogP) is 2.99. The van der Waals surface area contributed by atoms with E-state index in [1.54, 1.807) is 33.3 Å². The molecule has 0 unspecified atom stereocenters. The Labute approximate surface area is 173 Å². The number of hydrogen-bond acceptors (Lipinski definition) is 6. The molecule has 1 fully saturated rings. The van der Waals surface area contributed by atoms with Crippen LogP contribution in [0.5, 0.6) is 0 Å². The Morgan fingerprint density at radius 1 is 1.21 bits per heavy atom. The summed E-state index contributed by atoms with van der Waals surface area (Å²) in [5.74, 6) is 0.434. The third-order valence-corrected chi connectivity index (χ3v) is 6.50. The van der Waals surface area contributed by atoms with E-state index in [9.17, 15) is 9.59 Å². The SMILES string of the molecule is O=C(NCCn1nc(-c2cccs2)n(C2CC2)c1=O)c1cc(-c2cccs2)[nH]n1. The molecule has 148 valence electrons. The monoisotopic (exact) mass is 426 g/mol. The van der Waals surface area contributed by atoms with Crippen molar-refractivity contribution in [3.63, 3.8) is 0 Å². The van der Waals surface area contributed by atoms with Crippen LogP contribution in [0.4, 0.5) is 0 Å². The summed E-state index contributed by atoms with van der Waals surface area (Å²) >= 11 is 3.15. The van der Waals surface area contributed by atoms with Gasteiger partial charge in [-0.2, -0.15) is 5.10 Å². The van der Waals surface area contributed by atoms with E-state index in [2.05, 4.69) is 20.6 Å². The summed E-state index contributed by atoms with van der Waals surface area (Å²) in [7, 11) is 0. The zero-order valence-electron chi connectivity index (χ0n) is 15.4. The topological polar surface area (TPSA) is 97.6 Å². The minimum Gasteiger partial charge on any atom is -0.349 e. The maximum atomic E-state index is 12.8. The molecule has 0 atom stereocenters. The molecule has 2 N–H and O–H groups in total. The first-order valence-electron chi connectivity index (χ1n) is 9.31. The Bertz CT molecular complexity index is 1180. The van der Waals surface area contributed by atoms with Crippen LogP contribution in [-0.2, 0) is 6.54 Å². The molecule has 4 aromatic heterocycles. The van der Waals surface area contributed by atoms with Gasteiger partial charge in [0.25, 0.3) is 5.91 Å². The van der Waals surface area contributed by atoms with Crippen molar-refractivity contribution in [1.82, 2.24) is 29.9 Å². The minimum absolute atomic E-state index is 0.120. The average molecular weight is 427 g/mol. The van der Waals surface area contributed by atoms with Gasteiger partial charge in [0.05, 0.1) is 22.0 Å². The largest absolute Gasteiger partial charge is 0.349 e. The lowest BCUT2D eigenvalue weighted by atomic mass is 10.3. The number of thiophene rings is 2. The van der Waals surface area contributed by atoms with E-state index in [4.69, 9.17) is 0 Å². The summed E-state index contributed by atoms with van der Waals surface area (Å²) in [6.07, 6.45) is 2.01. The number of nitrogens with zero attached hydrogens (tertiary/aromatic N) is 4. The molecule has 0 spiro atoms. The molecule has 0 bridgehead atoms. The van der Waals surface area contributed by atoms with E-state index >= 15 is 0 Å². The van der Waals surface area contributed by atoms with Crippen molar-refractivity contribution in [3.8, 4) is 21.3 Å². The lowest BCUT2D eigenvalue weighted by Gasteiger charge is -2.02. The second-order valence-electron chi connectivity index (χ2n) is 6.81. The Morgan fingerprint density at radius 3 is 2.66 bits per heavy atom. The van der Waals surface area contributed by atoms with Crippen LogP contribution in [0.3, 0.4) is 0 Å². The molecule has 1 aliphatic rings. The van der Waals surface area contributed by atoms with Gasteiger partial charge in [0.1, 0.15) is 0 Å². The molecule has 4 aromatic rings. The van der Waals surface area contributed by atoms with Crippen molar-refractivity contribution in [3.05, 3.63) is 57.3 Å². The Kier molecular flexibility index (Phi) is 4.64. The first-order valence-corrected chi connectivity index (χ1v) is 11.1. The van der Waals surface area contributed by atoms with Crippen LogP contribution < -0.4 is 11.0 Å². The van der Waals surface area contributed by atoms with Crippen LogP contribution in [-0.4, -0.2) is 37.0 Å². The second kappa shape index (κ2) is 7.45. The zero-order valence-corrected chi connectivity index (χ0v) is 17.0. The van der Waals surface area contributed by atoms with Gasteiger partial charge in [0.2, 0.25) is 0 Å². The highest BCUT2D eigenvalue weighted by molar-refractivity contribution is 7.13. The first kappa shape index (κ1) is 18.1. The quantitative estimate of drug-likeness (QED) is 0.475. The highest BCUT2D eigenvalue weighted by atomic mass is 32.1. The van der Waals surface area contributed by atoms with E-state index in [0.717, 1.165) is 28.3 Å². The van der Waals surface area contributed by atoms with Crippen molar-refractivity contribution in [1.29, 1.82) is 0 Å². The minimum atomic E-state index is -0.280. The molecular formula is C19H18N6O2S2.